The Hall–Kier alpha value is -7.51. The average molecular weight is 905 g/mol. The van der Waals surface area contributed by atoms with Crippen molar-refractivity contribution in [1.29, 1.82) is 0 Å². The van der Waals surface area contributed by atoms with Gasteiger partial charge in [0.1, 0.15) is 17.3 Å². The van der Waals surface area contributed by atoms with E-state index < -0.39 is 12.9 Å². The van der Waals surface area contributed by atoms with Crippen LogP contribution in [-0.2, 0) is 16.2 Å². The Kier molecular flexibility index (Phi) is 8.72. The van der Waals surface area contributed by atoms with Gasteiger partial charge in [0.15, 0.2) is 0 Å². The summed E-state index contributed by atoms with van der Waals surface area (Å²) >= 11 is 0. The van der Waals surface area contributed by atoms with E-state index in [1.807, 2.05) is 48.8 Å². The molecular formula is C62H58BN5O. The van der Waals surface area contributed by atoms with E-state index in [1.54, 1.807) is 0 Å². The number of para-hydroxylation sites is 3. The summed E-state index contributed by atoms with van der Waals surface area (Å²) < 4.78 is 53.6. The Morgan fingerprint density at radius 3 is 2.19 bits per heavy atom. The van der Waals surface area contributed by atoms with Crippen molar-refractivity contribution in [3.05, 3.63) is 222 Å². The lowest BCUT2D eigenvalue weighted by atomic mass is 9.51. The fraction of sp³-hybridized carbons (Fsp3) is 0.210. The highest BCUT2D eigenvalue weighted by molar-refractivity contribution is 6.73. The molecule has 1 aliphatic carbocycles. The molecule has 0 N–H and O–H groups in total. The van der Waals surface area contributed by atoms with Crippen LogP contribution in [0, 0.1) is 0 Å². The van der Waals surface area contributed by atoms with E-state index in [-0.39, 0.29) is 46.0 Å². The Balaban J connectivity index is 0.949. The number of allylic oxidation sites excluding steroid dienone is 4. The predicted molar refractivity (Wildman–Crippen MR) is 289 cm³/mol. The molecule has 4 aliphatic rings. The number of hydrogen-bond donors (Lipinski definition) is 0. The molecule has 3 aliphatic heterocycles. The van der Waals surface area contributed by atoms with Gasteiger partial charge in [-0.1, -0.05) is 139 Å². The first kappa shape index (κ1) is 37.5. The van der Waals surface area contributed by atoms with Crippen LogP contribution < -0.4 is 14.5 Å². The van der Waals surface area contributed by atoms with Crippen molar-refractivity contribution in [2.45, 2.75) is 77.6 Å². The van der Waals surface area contributed by atoms with Crippen molar-refractivity contribution < 1.29 is 11.6 Å². The highest BCUT2D eigenvalue weighted by atomic mass is 16.5. The molecule has 0 fully saturated rings. The van der Waals surface area contributed by atoms with Crippen LogP contribution >= 0.6 is 0 Å². The zero-order chi connectivity index (χ0) is 51.6. The number of nitrogens with zero attached hydrogens (tertiary/aromatic N) is 5. The number of aromatic nitrogens is 2. The van der Waals surface area contributed by atoms with E-state index in [9.17, 15) is 2.74 Å². The second kappa shape index (κ2) is 16.1. The summed E-state index contributed by atoms with van der Waals surface area (Å²) in [6, 6.07) is 40.7. The zero-order valence-corrected chi connectivity index (χ0v) is 40.4. The molecule has 0 unspecified atom stereocenters. The second-order valence-corrected chi connectivity index (χ2v) is 21.2. The second-order valence-electron chi connectivity index (χ2n) is 21.2. The first-order chi connectivity index (χ1) is 35.4. The summed E-state index contributed by atoms with van der Waals surface area (Å²) in [5.74, 6) is 4.48. The molecule has 0 spiro atoms. The molecular weight excluding hydrogens is 842 g/mol. The molecule has 6 aromatic carbocycles. The molecule has 340 valence electrons. The van der Waals surface area contributed by atoms with Crippen molar-refractivity contribution in [2.75, 3.05) is 16.5 Å². The average Bonchev–Trinajstić information content (AvgIpc) is 3.94. The van der Waals surface area contributed by atoms with Crippen molar-refractivity contribution in [3.8, 4) is 17.3 Å². The van der Waals surface area contributed by atoms with Gasteiger partial charge < -0.3 is 19.3 Å². The maximum absolute atomic E-state index is 9.26. The molecule has 6 nitrogen and oxygen atoms in total. The Labute approximate surface area is 414 Å². The van der Waals surface area contributed by atoms with E-state index in [2.05, 4.69) is 177 Å². The van der Waals surface area contributed by atoms with E-state index in [0.29, 0.717) is 23.7 Å². The van der Waals surface area contributed by atoms with Crippen LogP contribution in [-0.4, -0.2) is 27.9 Å². The maximum Gasteiger partial charge on any atom is 0.338 e. The summed E-state index contributed by atoms with van der Waals surface area (Å²) in [7, 11) is 0. The van der Waals surface area contributed by atoms with Gasteiger partial charge in [0.2, 0.25) is 0 Å². The molecule has 12 rings (SSSR count). The molecule has 0 saturated heterocycles. The third-order valence-electron chi connectivity index (χ3n) is 14.9. The highest BCUT2D eigenvalue weighted by Gasteiger charge is 2.41. The standard InChI is InChI=1S/C62H58BN5O/c1-60(2,3)45-28-33-64-58(37-45)68-54-21-12-11-20-50(54)51-26-25-48(39-57(51)68)69-47-19-15-18-46(38-47)66-41-67(56-23-14-13-22-55(56)66)59-49(42-16-9-8-10-17-42)30-35-65-34-29-44(40-63(59)65)43-24-27-52-53(36-43)62(6,7)32-31-61(52,4)5/h8-30,33-40H,31-32,41H2,1-7H3/i8D,9D,10D,16D,17D. The van der Waals surface area contributed by atoms with E-state index in [4.69, 9.17) is 13.8 Å². The summed E-state index contributed by atoms with van der Waals surface area (Å²) in [4.78, 5) is 11.5. The molecule has 69 heavy (non-hydrogen) atoms. The third kappa shape index (κ3) is 7.38. The molecule has 0 bridgehead atoms. The minimum atomic E-state index is -0.418. The van der Waals surface area contributed by atoms with Crippen LogP contribution in [0.2, 0.25) is 0 Å². The fourth-order valence-electron chi connectivity index (χ4n) is 11.0. The monoisotopic (exact) mass is 905 g/mol. The number of rotatable bonds is 7. The maximum atomic E-state index is 9.26. The third-order valence-corrected chi connectivity index (χ3v) is 14.9. The van der Waals surface area contributed by atoms with E-state index in [1.165, 1.54) is 16.7 Å². The molecule has 8 aromatic rings. The predicted octanol–water partition coefficient (Wildman–Crippen LogP) is 15.5. The van der Waals surface area contributed by atoms with Crippen LogP contribution in [0.3, 0.4) is 0 Å². The Morgan fingerprint density at radius 1 is 0.652 bits per heavy atom. The van der Waals surface area contributed by atoms with Gasteiger partial charge in [0.05, 0.1) is 35.9 Å². The number of hydrogen-bond acceptors (Lipinski definition) is 5. The van der Waals surface area contributed by atoms with Crippen LogP contribution in [0.25, 0.3) is 38.8 Å². The van der Waals surface area contributed by atoms with Crippen LogP contribution in [0.1, 0.15) is 96.0 Å². The van der Waals surface area contributed by atoms with Gasteiger partial charge in [-0.15, -0.1) is 0 Å². The lowest BCUT2D eigenvalue weighted by Crippen LogP contribution is -2.44. The first-order valence-electron chi connectivity index (χ1n) is 26.6. The summed E-state index contributed by atoms with van der Waals surface area (Å²) in [6.07, 6.45) is 12.3. The minimum Gasteiger partial charge on any atom is -0.457 e. The van der Waals surface area contributed by atoms with Gasteiger partial charge in [-0.25, -0.2) is 4.98 Å². The largest absolute Gasteiger partial charge is 0.457 e. The lowest BCUT2D eigenvalue weighted by Gasteiger charge is -2.42. The summed E-state index contributed by atoms with van der Waals surface area (Å²) in [5, 5.41) is 2.25. The van der Waals surface area contributed by atoms with Crippen LogP contribution in [0.15, 0.2) is 194 Å². The minimum absolute atomic E-state index is 0.0233. The van der Waals surface area contributed by atoms with E-state index >= 15 is 0 Å². The van der Waals surface area contributed by atoms with Gasteiger partial charge in [-0.05, 0) is 147 Å². The molecule has 0 saturated carbocycles. The quantitative estimate of drug-likeness (QED) is 0.149. The van der Waals surface area contributed by atoms with Crippen molar-refractivity contribution in [1.82, 2.24) is 14.4 Å². The topological polar surface area (TPSA) is 36.8 Å². The molecule has 7 heteroatoms. The number of pyridine rings is 1. The SMILES string of the molecule is [2H]c1c([2H])c([2H])c(C2=C(N3CN(c4cccc(Oc5ccc6c7ccccc7n(-c7cc(C(C)(C)C)ccn7)c6c5)c4)c4ccccc43)B3C=C(c4ccc5c(c4)C(C)(C)CCC5(C)C)C=CN3C=C2)c([2H])c1[2H]. The van der Waals surface area contributed by atoms with Gasteiger partial charge >= 0.3 is 6.85 Å². The molecule has 0 atom stereocenters. The van der Waals surface area contributed by atoms with Crippen LogP contribution in [0.4, 0.5) is 17.1 Å². The Bertz CT molecular complexity index is 3760. The van der Waals surface area contributed by atoms with Gasteiger partial charge in [0.25, 0.3) is 0 Å². The number of anilines is 3. The smallest absolute Gasteiger partial charge is 0.338 e. The van der Waals surface area contributed by atoms with E-state index in [0.717, 1.165) is 74.3 Å². The Morgan fingerprint density at radius 2 is 1.38 bits per heavy atom. The number of benzene rings is 6. The van der Waals surface area contributed by atoms with Crippen molar-refractivity contribution in [2.24, 2.45) is 0 Å². The first-order valence-corrected chi connectivity index (χ1v) is 24.1. The summed E-state index contributed by atoms with van der Waals surface area (Å²) in [6.45, 7) is 16.0. The molecule has 2 aromatic heterocycles. The molecule has 0 amide bonds. The van der Waals surface area contributed by atoms with Crippen LogP contribution in [0.5, 0.6) is 11.5 Å². The van der Waals surface area contributed by atoms with Crippen molar-refractivity contribution in [3.63, 3.8) is 0 Å². The van der Waals surface area contributed by atoms with Crippen molar-refractivity contribution >= 4 is 56.9 Å². The molecule has 5 heterocycles. The highest BCUT2D eigenvalue weighted by Crippen LogP contribution is 2.49. The fourth-order valence-corrected chi connectivity index (χ4v) is 11.0. The molecule has 0 radical (unpaired) electrons. The van der Waals surface area contributed by atoms with Gasteiger partial charge in [0, 0.05) is 40.4 Å². The van der Waals surface area contributed by atoms with Gasteiger partial charge in [-0.2, -0.15) is 0 Å². The number of fused-ring (bicyclic) bond motifs is 6. The lowest BCUT2D eigenvalue weighted by molar-refractivity contribution is 0.332. The zero-order valence-electron chi connectivity index (χ0n) is 45.4. The summed E-state index contributed by atoms with van der Waals surface area (Å²) in [5.41, 5.74) is 12.6. The number of ether oxygens (including phenoxy) is 1. The normalized spacial score (nSPS) is 18.1. The van der Waals surface area contributed by atoms with Gasteiger partial charge in [-0.3, -0.25) is 4.57 Å².